The highest BCUT2D eigenvalue weighted by molar-refractivity contribution is 6.25. The van der Waals surface area contributed by atoms with Crippen LogP contribution in [0.2, 0.25) is 0 Å². The van der Waals surface area contributed by atoms with Crippen LogP contribution in [-0.2, 0) is 0 Å². The summed E-state index contributed by atoms with van der Waals surface area (Å²) in [5, 5.41) is 10.1. The van der Waals surface area contributed by atoms with Gasteiger partial charge >= 0.3 is 0 Å². The number of rotatable bonds is 5. The van der Waals surface area contributed by atoms with Gasteiger partial charge in [0.15, 0.2) is 0 Å². The molecule has 0 heterocycles. The molecule has 0 aliphatic rings. The minimum atomic E-state index is 1.21. The molecule has 52 heavy (non-hydrogen) atoms. The molecule has 0 amide bonds. The molecule has 0 unspecified atom stereocenters. The molecule has 0 N–H and O–H groups in total. The summed E-state index contributed by atoms with van der Waals surface area (Å²) < 4.78 is 0. The topological polar surface area (TPSA) is 0 Å². The number of hydrogen-bond acceptors (Lipinski definition) is 0. The average Bonchev–Trinajstić information content (AvgIpc) is 3.23. The largest absolute Gasteiger partial charge is 0.0622 e. The Morgan fingerprint density at radius 3 is 1.10 bits per heavy atom. The molecule has 0 nitrogen and oxygen atoms in total. The second-order valence-corrected chi connectivity index (χ2v) is 13.6. The second-order valence-electron chi connectivity index (χ2n) is 13.6. The Morgan fingerprint density at radius 1 is 0.192 bits per heavy atom. The van der Waals surface area contributed by atoms with Crippen LogP contribution in [0, 0.1) is 0 Å². The van der Waals surface area contributed by atoms with Crippen molar-refractivity contribution in [3.63, 3.8) is 0 Å². The Kier molecular flexibility index (Phi) is 7.25. The summed E-state index contributed by atoms with van der Waals surface area (Å²) in [6, 6.07) is 75.5. The van der Waals surface area contributed by atoms with Crippen LogP contribution >= 0.6 is 0 Å². The van der Waals surface area contributed by atoms with E-state index in [2.05, 4.69) is 206 Å². The Hall–Kier alpha value is -6.76. The quantitative estimate of drug-likeness (QED) is 0.161. The van der Waals surface area contributed by atoms with Crippen molar-refractivity contribution in [2.24, 2.45) is 0 Å². The zero-order chi connectivity index (χ0) is 34.4. The van der Waals surface area contributed by atoms with Crippen LogP contribution in [0.25, 0.3) is 98.7 Å². The Balaban J connectivity index is 1.24. The number of hydrogen-bond donors (Lipinski definition) is 0. The molecule has 10 aromatic rings. The SMILES string of the molecule is c1ccc(-c2cc(-c3ccccc3)cc(-c3ccc(-c4c5ccccc5c(-c5cccc6ccccc56)c5ccccc45)c4ccccc34)c2)cc1. The molecule has 242 valence electrons. The maximum atomic E-state index is 2.36. The van der Waals surface area contributed by atoms with E-state index in [1.165, 1.54) is 98.7 Å². The van der Waals surface area contributed by atoms with Gasteiger partial charge in [0, 0.05) is 0 Å². The van der Waals surface area contributed by atoms with Crippen LogP contribution in [0.15, 0.2) is 206 Å². The fourth-order valence-corrected chi connectivity index (χ4v) is 8.30. The standard InChI is InChI=1S/C52H34/c1-3-16-35(17-4-1)38-32-39(36-18-5-2-6-19-36)34-40(33-38)42-30-31-50(44-24-10-9-23-43(42)44)52-48-27-13-11-25-46(48)51(47-26-12-14-28-49(47)52)45-29-15-21-37-20-7-8-22-41(37)45/h1-34H. The fourth-order valence-electron chi connectivity index (χ4n) is 8.30. The van der Waals surface area contributed by atoms with Gasteiger partial charge in [-0.1, -0.05) is 188 Å². The summed E-state index contributed by atoms with van der Waals surface area (Å²) in [5.74, 6) is 0. The van der Waals surface area contributed by atoms with Crippen molar-refractivity contribution in [3.8, 4) is 55.6 Å². The summed E-state index contributed by atoms with van der Waals surface area (Å²) in [7, 11) is 0. The van der Waals surface area contributed by atoms with Crippen molar-refractivity contribution in [3.05, 3.63) is 206 Å². The minimum Gasteiger partial charge on any atom is -0.0622 e. The van der Waals surface area contributed by atoms with Gasteiger partial charge in [0.1, 0.15) is 0 Å². The van der Waals surface area contributed by atoms with Crippen molar-refractivity contribution in [1.29, 1.82) is 0 Å². The van der Waals surface area contributed by atoms with Gasteiger partial charge in [-0.2, -0.15) is 0 Å². The molecule has 0 bridgehead atoms. The number of fused-ring (bicyclic) bond motifs is 4. The third-order valence-electron chi connectivity index (χ3n) is 10.6. The fraction of sp³-hybridized carbons (Fsp3) is 0. The van der Waals surface area contributed by atoms with Crippen LogP contribution in [0.5, 0.6) is 0 Å². The predicted octanol–water partition coefficient (Wildman–Crippen LogP) is 14.6. The first-order valence-electron chi connectivity index (χ1n) is 18.0. The smallest absolute Gasteiger partial charge is 0.00201 e. The first kappa shape index (κ1) is 30.1. The van der Waals surface area contributed by atoms with Gasteiger partial charge < -0.3 is 0 Å². The molecule has 10 aromatic carbocycles. The van der Waals surface area contributed by atoms with Crippen molar-refractivity contribution in [1.82, 2.24) is 0 Å². The second kappa shape index (κ2) is 12.5. The van der Waals surface area contributed by atoms with Crippen molar-refractivity contribution in [2.45, 2.75) is 0 Å². The maximum absolute atomic E-state index is 2.36. The summed E-state index contributed by atoms with van der Waals surface area (Å²) >= 11 is 0. The first-order chi connectivity index (χ1) is 25.8. The van der Waals surface area contributed by atoms with Gasteiger partial charge in [-0.25, -0.2) is 0 Å². The van der Waals surface area contributed by atoms with E-state index in [0.29, 0.717) is 0 Å². The Morgan fingerprint density at radius 2 is 0.558 bits per heavy atom. The van der Waals surface area contributed by atoms with Crippen molar-refractivity contribution < 1.29 is 0 Å². The van der Waals surface area contributed by atoms with E-state index in [-0.39, 0.29) is 0 Å². The molecule has 10 rings (SSSR count). The Bertz CT molecular complexity index is 2820. The van der Waals surface area contributed by atoms with Crippen LogP contribution in [0.4, 0.5) is 0 Å². The minimum absolute atomic E-state index is 1.21. The lowest BCUT2D eigenvalue weighted by Crippen LogP contribution is -1.93. The lowest BCUT2D eigenvalue weighted by atomic mass is 9.83. The molecule has 0 fully saturated rings. The Labute approximate surface area is 303 Å². The molecule has 0 saturated heterocycles. The maximum Gasteiger partial charge on any atom is -0.00201 e. The van der Waals surface area contributed by atoms with Gasteiger partial charge in [-0.15, -0.1) is 0 Å². The van der Waals surface area contributed by atoms with Crippen LogP contribution in [0.1, 0.15) is 0 Å². The predicted molar refractivity (Wildman–Crippen MR) is 224 cm³/mol. The van der Waals surface area contributed by atoms with E-state index in [4.69, 9.17) is 0 Å². The third-order valence-corrected chi connectivity index (χ3v) is 10.6. The van der Waals surface area contributed by atoms with Gasteiger partial charge in [0.05, 0.1) is 0 Å². The molecule has 0 radical (unpaired) electrons. The average molecular weight is 659 g/mol. The highest BCUT2D eigenvalue weighted by Gasteiger charge is 2.20. The normalized spacial score (nSPS) is 11.5. The van der Waals surface area contributed by atoms with E-state index in [1.54, 1.807) is 0 Å². The molecular weight excluding hydrogens is 625 g/mol. The molecule has 0 heteroatoms. The third kappa shape index (κ3) is 5.00. The lowest BCUT2D eigenvalue weighted by Gasteiger charge is -2.20. The van der Waals surface area contributed by atoms with Gasteiger partial charge in [-0.05, 0) is 117 Å². The van der Waals surface area contributed by atoms with E-state index in [9.17, 15) is 0 Å². The van der Waals surface area contributed by atoms with Gasteiger partial charge in [0.2, 0.25) is 0 Å². The summed E-state index contributed by atoms with van der Waals surface area (Å²) in [4.78, 5) is 0. The van der Waals surface area contributed by atoms with Crippen LogP contribution < -0.4 is 0 Å². The molecule has 0 saturated carbocycles. The summed E-state index contributed by atoms with van der Waals surface area (Å²) in [6.45, 7) is 0. The monoisotopic (exact) mass is 658 g/mol. The van der Waals surface area contributed by atoms with Crippen LogP contribution in [-0.4, -0.2) is 0 Å². The van der Waals surface area contributed by atoms with Crippen molar-refractivity contribution in [2.75, 3.05) is 0 Å². The molecule has 0 aromatic heterocycles. The van der Waals surface area contributed by atoms with E-state index >= 15 is 0 Å². The zero-order valence-electron chi connectivity index (χ0n) is 28.6. The first-order valence-corrected chi connectivity index (χ1v) is 18.0. The summed E-state index contributed by atoms with van der Waals surface area (Å²) in [6.07, 6.45) is 0. The van der Waals surface area contributed by atoms with Gasteiger partial charge in [0.25, 0.3) is 0 Å². The highest BCUT2D eigenvalue weighted by atomic mass is 14.2. The van der Waals surface area contributed by atoms with Gasteiger partial charge in [-0.3, -0.25) is 0 Å². The molecule has 0 spiro atoms. The van der Waals surface area contributed by atoms with Crippen molar-refractivity contribution >= 4 is 43.1 Å². The summed E-state index contributed by atoms with van der Waals surface area (Å²) in [5.41, 5.74) is 12.4. The number of benzene rings is 10. The molecule has 0 aliphatic carbocycles. The molecule has 0 aliphatic heterocycles. The molecule has 0 atom stereocenters. The zero-order valence-corrected chi connectivity index (χ0v) is 28.6. The van der Waals surface area contributed by atoms with Crippen LogP contribution in [0.3, 0.4) is 0 Å². The van der Waals surface area contributed by atoms with E-state index in [1.807, 2.05) is 0 Å². The lowest BCUT2D eigenvalue weighted by molar-refractivity contribution is 1.57. The van der Waals surface area contributed by atoms with E-state index < -0.39 is 0 Å². The van der Waals surface area contributed by atoms with E-state index in [0.717, 1.165) is 0 Å². The highest BCUT2D eigenvalue weighted by Crippen LogP contribution is 2.47. The molecular formula is C52H34.